The van der Waals surface area contributed by atoms with Gasteiger partial charge in [0, 0.05) is 12.0 Å². The topological polar surface area (TPSA) is 51.8 Å². The van der Waals surface area contributed by atoms with Gasteiger partial charge in [-0.2, -0.15) is 0 Å². The molecule has 1 aromatic rings. The highest BCUT2D eigenvalue weighted by Crippen LogP contribution is 2.45. The second kappa shape index (κ2) is 2.78. The number of aromatic nitrogens is 2. The van der Waals surface area contributed by atoms with E-state index >= 15 is 0 Å². The Kier molecular flexibility index (Phi) is 1.88. The predicted molar refractivity (Wildman–Crippen MR) is 49.7 cm³/mol. The predicted octanol–water partition coefficient (Wildman–Crippen LogP) is 1.23. The van der Waals surface area contributed by atoms with Gasteiger partial charge in [-0.05, 0) is 28.8 Å². The van der Waals surface area contributed by atoms with Crippen LogP contribution in [0, 0.1) is 0 Å². The Balaban J connectivity index is 2.29. The second-order valence-electron chi connectivity index (χ2n) is 3.21. The summed E-state index contributed by atoms with van der Waals surface area (Å²) in [6.45, 7) is 0.684. The number of hydrogen-bond donors (Lipinski definition) is 1. The first-order chi connectivity index (χ1) is 5.77. The molecular weight excluding hydrogens is 218 g/mol. The molecule has 1 aliphatic rings. The maximum absolute atomic E-state index is 5.66. The minimum atomic E-state index is 0.160. The Bertz CT molecular complexity index is 279. The van der Waals surface area contributed by atoms with Gasteiger partial charge in [-0.1, -0.05) is 0 Å². The molecule has 3 nitrogen and oxygen atoms in total. The molecule has 0 aliphatic heterocycles. The quantitative estimate of drug-likeness (QED) is 0.828. The highest BCUT2D eigenvalue weighted by atomic mass is 79.9. The van der Waals surface area contributed by atoms with Gasteiger partial charge in [-0.15, -0.1) is 0 Å². The van der Waals surface area contributed by atoms with E-state index in [-0.39, 0.29) is 5.41 Å². The average Bonchev–Trinajstić information content (AvgIpc) is 2.86. The third kappa shape index (κ3) is 1.25. The van der Waals surface area contributed by atoms with Crippen molar-refractivity contribution in [2.24, 2.45) is 5.73 Å². The summed E-state index contributed by atoms with van der Waals surface area (Å²) in [6.07, 6.45) is 5.84. The van der Waals surface area contributed by atoms with Gasteiger partial charge in [0.1, 0.15) is 4.60 Å². The smallest absolute Gasteiger partial charge is 0.124 e. The van der Waals surface area contributed by atoms with E-state index in [0.717, 1.165) is 23.1 Å². The molecule has 0 radical (unpaired) electrons. The largest absolute Gasteiger partial charge is 0.330 e. The van der Waals surface area contributed by atoms with Crippen molar-refractivity contribution in [2.75, 3.05) is 6.54 Å². The fraction of sp³-hybridized carbons (Fsp3) is 0.500. The van der Waals surface area contributed by atoms with Crippen molar-refractivity contribution >= 4 is 15.9 Å². The first-order valence-electron chi connectivity index (χ1n) is 3.95. The van der Waals surface area contributed by atoms with Crippen LogP contribution in [0.15, 0.2) is 17.0 Å². The molecule has 0 amide bonds. The summed E-state index contributed by atoms with van der Waals surface area (Å²) in [5.74, 6) is 0. The molecule has 0 unspecified atom stereocenters. The zero-order valence-electron chi connectivity index (χ0n) is 6.63. The maximum atomic E-state index is 5.66. The summed E-state index contributed by atoms with van der Waals surface area (Å²) in [4.78, 5) is 8.43. The van der Waals surface area contributed by atoms with Crippen LogP contribution in [-0.2, 0) is 5.41 Å². The van der Waals surface area contributed by atoms with Crippen molar-refractivity contribution < 1.29 is 0 Å². The zero-order chi connectivity index (χ0) is 8.60. The van der Waals surface area contributed by atoms with Crippen LogP contribution in [0.25, 0.3) is 0 Å². The minimum absolute atomic E-state index is 0.160. The molecule has 1 heterocycles. The van der Waals surface area contributed by atoms with Gasteiger partial charge in [0.2, 0.25) is 0 Å². The average molecular weight is 228 g/mol. The van der Waals surface area contributed by atoms with Gasteiger partial charge in [-0.25, -0.2) is 4.98 Å². The molecule has 1 saturated carbocycles. The van der Waals surface area contributed by atoms with E-state index in [0.29, 0.717) is 6.54 Å². The van der Waals surface area contributed by atoms with Crippen molar-refractivity contribution in [1.82, 2.24) is 9.97 Å². The van der Waals surface area contributed by atoms with Gasteiger partial charge in [0.25, 0.3) is 0 Å². The van der Waals surface area contributed by atoms with Crippen molar-refractivity contribution in [3.05, 3.63) is 22.7 Å². The molecule has 1 aromatic heterocycles. The summed E-state index contributed by atoms with van der Waals surface area (Å²) in [5.41, 5.74) is 6.86. The Hall–Kier alpha value is -0.480. The minimum Gasteiger partial charge on any atom is -0.330 e. The monoisotopic (exact) mass is 227 g/mol. The third-order valence-corrected chi connectivity index (χ3v) is 2.82. The molecule has 64 valence electrons. The SMILES string of the molecule is NCC1(c2cnc(Br)cn2)CC1. The van der Waals surface area contributed by atoms with E-state index in [1.165, 1.54) is 0 Å². The lowest BCUT2D eigenvalue weighted by Gasteiger charge is -2.09. The van der Waals surface area contributed by atoms with Crippen LogP contribution in [0.1, 0.15) is 18.5 Å². The first-order valence-corrected chi connectivity index (χ1v) is 4.74. The summed E-state index contributed by atoms with van der Waals surface area (Å²) < 4.78 is 0.777. The molecule has 4 heteroatoms. The van der Waals surface area contributed by atoms with Gasteiger partial charge >= 0.3 is 0 Å². The molecule has 2 rings (SSSR count). The third-order valence-electron chi connectivity index (χ3n) is 2.41. The van der Waals surface area contributed by atoms with Gasteiger partial charge in [-0.3, -0.25) is 4.98 Å². The van der Waals surface area contributed by atoms with Crippen LogP contribution in [0.2, 0.25) is 0 Å². The number of nitrogens with zero attached hydrogens (tertiary/aromatic N) is 2. The summed E-state index contributed by atoms with van der Waals surface area (Å²) >= 11 is 3.25. The van der Waals surface area contributed by atoms with E-state index in [9.17, 15) is 0 Å². The standard InChI is InChI=1S/C8H10BrN3/c9-7-4-11-6(3-12-7)8(5-10)1-2-8/h3-4H,1-2,5,10H2. The Morgan fingerprint density at radius 3 is 2.58 bits per heavy atom. The molecule has 0 spiro atoms. The van der Waals surface area contributed by atoms with Crippen molar-refractivity contribution in [3.63, 3.8) is 0 Å². The van der Waals surface area contributed by atoms with E-state index < -0.39 is 0 Å². The van der Waals surface area contributed by atoms with Crippen LogP contribution in [0.3, 0.4) is 0 Å². The molecule has 0 saturated heterocycles. The lowest BCUT2D eigenvalue weighted by molar-refractivity contribution is 0.672. The fourth-order valence-corrected chi connectivity index (χ4v) is 1.51. The van der Waals surface area contributed by atoms with Crippen LogP contribution >= 0.6 is 15.9 Å². The molecule has 1 fully saturated rings. The summed E-state index contributed by atoms with van der Waals surface area (Å²) in [6, 6.07) is 0. The number of rotatable bonds is 2. The van der Waals surface area contributed by atoms with Crippen molar-refractivity contribution in [3.8, 4) is 0 Å². The van der Waals surface area contributed by atoms with Crippen molar-refractivity contribution in [1.29, 1.82) is 0 Å². The lowest BCUT2D eigenvalue weighted by Crippen LogP contribution is -2.21. The first kappa shape index (κ1) is 8.13. The van der Waals surface area contributed by atoms with E-state index in [1.54, 1.807) is 6.20 Å². The highest BCUT2D eigenvalue weighted by molar-refractivity contribution is 9.10. The molecule has 0 bridgehead atoms. The normalized spacial score (nSPS) is 19.2. The zero-order valence-corrected chi connectivity index (χ0v) is 8.21. The van der Waals surface area contributed by atoms with Crippen LogP contribution in [0.5, 0.6) is 0 Å². The Morgan fingerprint density at radius 2 is 2.17 bits per heavy atom. The molecular formula is C8H10BrN3. The van der Waals surface area contributed by atoms with Gasteiger partial charge < -0.3 is 5.73 Å². The molecule has 0 atom stereocenters. The Morgan fingerprint density at radius 1 is 1.42 bits per heavy atom. The Labute approximate surface area is 79.5 Å². The lowest BCUT2D eigenvalue weighted by atomic mass is 10.0. The summed E-state index contributed by atoms with van der Waals surface area (Å²) in [7, 11) is 0. The highest BCUT2D eigenvalue weighted by Gasteiger charge is 2.44. The van der Waals surface area contributed by atoms with E-state index in [4.69, 9.17) is 5.73 Å². The number of halogens is 1. The fourth-order valence-electron chi connectivity index (χ4n) is 1.30. The van der Waals surface area contributed by atoms with E-state index in [1.807, 2.05) is 6.20 Å². The second-order valence-corrected chi connectivity index (χ2v) is 4.02. The summed E-state index contributed by atoms with van der Waals surface area (Å²) in [5, 5.41) is 0. The van der Waals surface area contributed by atoms with E-state index in [2.05, 4.69) is 25.9 Å². The van der Waals surface area contributed by atoms with Gasteiger partial charge in [0.05, 0.1) is 18.1 Å². The molecule has 2 N–H and O–H groups in total. The maximum Gasteiger partial charge on any atom is 0.124 e. The molecule has 1 aliphatic carbocycles. The molecule has 12 heavy (non-hydrogen) atoms. The van der Waals surface area contributed by atoms with Crippen molar-refractivity contribution in [2.45, 2.75) is 18.3 Å². The van der Waals surface area contributed by atoms with Crippen LogP contribution < -0.4 is 5.73 Å². The van der Waals surface area contributed by atoms with Crippen LogP contribution in [0.4, 0.5) is 0 Å². The van der Waals surface area contributed by atoms with Gasteiger partial charge in [0.15, 0.2) is 0 Å². The number of hydrogen-bond acceptors (Lipinski definition) is 3. The number of nitrogens with two attached hydrogens (primary N) is 1. The van der Waals surface area contributed by atoms with Crippen LogP contribution in [-0.4, -0.2) is 16.5 Å². The molecule has 0 aromatic carbocycles.